The number of hydrogen-bond acceptors (Lipinski definition) is 5. The quantitative estimate of drug-likeness (QED) is 0.571. The maximum atomic E-state index is 13.4. The van der Waals surface area contributed by atoms with E-state index in [4.69, 9.17) is 4.74 Å². The number of piperazine rings is 1. The summed E-state index contributed by atoms with van der Waals surface area (Å²) in [5.74, 6) is 0.286. The summed E-state index contributed by atoms with van der Waals surface area (Å²) in [6, 6.07) is 7.46. The van der Waals surface area contributed by atoms with Crippen LogP contribution in [0.25, 0.3) is 10.9 Å². The molecule has 2 fully saturated rings. The molecule has 2 aliphatic heterocycles. The number of nitrogens with zero attached hydrogens (tertiary/aromatic N) is 4. The fourth-order valence-electron chi connectivity index (χ4n) is 4.92. The highest BCUT2D eigenvalue weighted by Crippen LogP contribution is 2.29. The number of hydrogen-bond donors (Lipinski definition) is 0. The van der Waals surface area contributed by atoms with Gasteiger partial charge in [-0.3, -0.25) is 4.79 Å². The normalized spacial score (nSPS) is 19.2. The highest BCUT2D eigenvalue weighted by Gasteiger charge is 2.29. The number of alkyl halides is 2. The lowest BCUT2D eigenvalue weighted by Gasteiger charge is -2.34. The van der Waals surface area contributed by atoms with Crippen molar-refractivity contribution in [3.8, 4) is 5.75 Å². The first kappa shape index (κ1) is 25.8. The van der Waals surface area contributed by atoms with Crippen LogP contribution in [0.5, 0.6) is 5.75 Å². The minimum atomic E-state index is -3.33. The van der Waals surface area contributed by atoms with E-state index in [0.717, 1.165) is 32.2 Å². The maximum Gasteiger partial charge on any atom is 0.270 e. The zero-order valence-corrected chi connectivity index (χ0v) is 21.3. The predicted octanol–water partition coefficient (Wildman–Crippen LogP) is 2.88. The van der Waals surface area contributed by atoms with E-state index in [2.05, 4.69) is 18.7 Å². The van der Waals surface area contributed by atoms with Crippen molar-refractivity contribution in [3.05, 3.63) is 30.0 Å². The predicted molar refractivity (Wildman–Crippen MR) is 131 cm³/mol. The van der Waals surface area contributed by atoms with Crippen LogP contribution >= 0.6 is 0 Å². The molecule has 1 amide bonds. The summed E-state index contributed by atoms with van der Waals surface area (Å²) in [5.41, 5.74) is 0.723. The van der Waals surface area contributed by atoms with Crippen molar-refractivity contribution < 1.29 is 26.7 Å². The first-order valence-corrected chi connectivity index (χ1v) is 13.9. The molecule has 35 heavy (non-hydrogen) atoms. The van der Waals surface area contributed by atoms with Crippen molar-refractivity contribution in [2.45, 2.75) is 51.8 Å². The van der Waals surface area contributed by atoms with Gasteiger partial charge in [0.05, 0.1) is 12.8 Å². The summed E-state index contributed by atoms with van der Waals surface area (Å²) in [6.07, 6.45) is 0.453. The number of ether oxygens (including phenoxy) is 1. The lowest BCUT2D eigenvalue weighted by molar-refractivity contribution is 0.0679. The Kier molecular flexibility index (Phi) is 7.68. The van der Waals surface area contributed by atoms with Crippen LogP contribution in [0.2, 0.25) is 0 Å². The summed E-state index contributed by atoms with van der Waals surface area (Å²) in [6.45, 7) is 6.52. The zero-order valence-electron chi connectivity index (χ0n) is 20.5. The van der Waals surface area contributed by atoms with Gasteiger partial charge in [0, 0.05) is 56.2 Å². The molecular formula is C24H34F2N4O4S. The number of amides is 1. The Hall–Kier alpha value is -2.24. The van der Waals surface area contributed by atoms with Gasteiger partial charge in [-0.1, -0.05) is 0 Å². The third kappa shape index (κ3) is 5.95. The lowest BCUT2D eigenvalue weighted by atomic mass is 10.1. The Morgan fingerprint density at radius 2 is 1.71 bits per heavy atom. The molecule has 1 aromatic heterocycles. The molecule has 194 valence electrons. The molecule has 1 aromatic carbocycles. The SMILES string of the molecule is CC(C)N1CCC(Oc2ccc3c(c2)cc(C(=O)N2CCN(S(C)(=O)=O)CC2)n3CC(F)F)CC1. The second-order valence-corrected chi connectivity index (χ2v) is 11.6. The Morgan fingerprint density at radius 3 is 2.29 bits per heavy atom. The number of halogens is 2. The van der Waals surface area contributed by atoms with Crippen LogP contribution < -0.4 is 4.74 Å². The van der Waals surface area contributed by atoms with Gasteiger partial charge < -0.3 is 19.1 Å². The van der Waals surface area contributed by atoms with Gasteiger partial charge in [-0.15, -0.1) is 0 Å². The van der Waals surface area contributed by atoms with E-state index >= 15 is 0 Å². The van der Waals surface area contributed by atoms with Crippen molar-refractivity contribution in [3.63, 3.8) is 0 Å². The fourth-order valence-corrected chi connectivity index (χ4v) is 5.75. The average Bonchev–Trinajstić information content (AvgIpc) is 3.15. The van der Waals surface area contributed by atoms with Gasteiger partial charge in [0.1, 0.15) is 17.5 Å². The minimum absolute atomic E-state index is 0.0952. The van der Waals surface area contributed by atoms with Gasteiger partial charge in [-0.05, 0) is 51.0 Å². The van der Waals surface area contributed by atoms with Gasteiger partial charge in [-0.25, -0.2) is 17.2 Å². The van der Waals surface area contributed by atoms with E-state index in [1.54, 1.807) is 18.2 Å². The van der Waals surface area contributed by atoms with Crippen LogP contribution in [0.3, 0.4) is 0 Å². The molecule has 0 bridgehead atoms. The molecule has 0 unspecified atom stereocenters. The number of piperidine rings is 1. The van der Waals surface area contributed by atoms with Crippen molar-refractivity contribution in [1.82, 2.24) is 18.7 Å². The topological polar surface area (TPSA) is 75.1 Å². The standard InChI is InChI=1S/C24H34F2N4O4S/c1-17(2)27-8-6-19(7-9-27)34-20-4-5-21-18(14-20)15-22(30(21)16-23(25)26)24(31)28-10-12-29(13-11-28)35(3,32)33/h4-5,14-15,17,19,23H,6-13,16H2,1-3H3. The van der Waals surface area contributed by atoms with Crippen molar-refractivity contribution in [1.29, 1.82) is 0 Å². The van der Waals surface area contributed by atoms with Crippen LogP contribution in [0.4, 0.5) is 8.78 Å². The number of carbonyl (C=O) groups is 1. The Bertz CT molecular complexity index is 1150. The maximum absolute atomic E-state index is 13.4. The van der Waals surface area contributed by atoms with E-state index in [1.807, 2.05) is 6.07 Å². The van der Waals surface area contributed by atoms with Gasteiger partial charge >= 0.3 is 0 Å². The first-order valence-electron chi connectivity index (χ1n) is 12.1. The number of sulfonamides is 1. The molecule has 0 spiro atoms. The van der Waals surface area contributed by atoms with E-state index in [1.165, 1.54) is 13.8 Å². The molecule has 0 N–H and O–H groups in total. The second-order valence-electron chi connectivity index (χ2n) is 9.65. The highest BCUT2D eigenvalue weighted by atomic mass is 32.2. The lowest BCUT2D eigenvalue weighted by Crippen LogP contribution is -2.50. The molecule has 2 aromatic rings. The van der Waals surface area contributed by atoms with Crippen LogP contribution in [0.15, 0.2) is 24.3 Å². The van der Waals surface area contributed by atoms with Gasteiger partial charge in [0.15, 0.2) is 0 Å². The number of aromatic nitrogens is 1. The number of rotatable bonds is 7. The molecule has 0 aliphatic carbocycles. The molecule has 0 radical (unpaired) electrons. The molecule has 0 atom stereocenters. The minimum Gasteiger partial charge on any atom is -0.490 e. The summed E-state index contributed by atoms with van der Waals surface area (Å²) >= 11 is 0. The third-order valence-corrected chi connectivity index (χ3v) is 8.22. The number of fused-ring (bicyclic) bond motifs is 1. The fraction of sp³-hybridized carbons (Fsp3) is 0.625. The zero-order chi connectivity index (χ0) is 25.3. The summed E-state index contributed by atoms with van der Waals surface area (Å²) < 4.78 is 59.3. The number of benzene rings is 1. The Labute approximate surface area is 205 Å². The summed E-state index contributed by atoms with van der Waals surface area (Å²) in [7, 11) is -3.33. The van der Waals surface area contributed by atoms with E-state index in [9.17, 15) is 22.0 Å². The van der Waals surface area contributed by atoms with Crippen molar-refractivity contribution in [2.24, 2.45) is 0 Å². The molecule has 4 rings (SSSR count). The molecule has 0 saturated carbocycles. The molecule has 3 heterocycles. The highest BCUT2D eigenvalue weighted by molar-refractivity contribution is 7.88. The second kappa shape index (κ2) is 10.4. The molecule has 8 nitrogen and oxygen atoms in total. The van der Waals surface area contributed by atoms with Crippen LogP contribution in [-0.2, 0) is 16.6 Å². The molecule has 11 heteroatoms. The van der Waals surface area contributed by atoms with Gasteiger partial charge in [0.2, 0.25) is 10.0 Å². The van der Waals surface area contributed by atoms with Crippen molar-refractivity contribution >= 4 is 26.8 Å². The first-order chi connectivity index (χ1) is 16.5. The average molecular weight is 513 g/mol. The van der Waals surface area contributed by atoms with E-state index in [0.29, 0.717) is 22.7 Å². The van der Waals surface area contributed by atoms with Crippen LogP contribution in [-0.4, -0.2) is 97.1 Å². The largest absolute Gasteiger partial charge is 0.490 e. The van der Waals surface area contributed by atoms with Gasteiger partial charge in [-0.2, -0.15) is 4.31 Å². The summed E-state index contributed by atoms with van der Waals surface area (Å²) in [5, 5.41) is 0.667. The van der Waals surface area contributed by atoms with Crippen LogP contribution in [0, 0.1) is 0 Å². The summed E-state index contributed by atoms with van der Waals surface area (Å²) in [4.78, 5) is 17.2. The Balaban J connectivity index is 1.53. The van der Waals surface area contributed by atoms with Crippen molar-refractivity contribution in [2.75, 3.05) is 45.5 Å². The van der Waals surface area contributed by atoms with E-state index in [-0.39, 0.29) is 43.9 Å². The Morgan fingerprint density at radius 1 is 1.06 bits per heavy atom. The molecule has 2 saturated heterocycles. The smallest absolute Gasteiger partial charge is 0.270 e. The molecular weight excluding hydrogens is 478 g/mol. The molecule has 2 aliphatic rings. The van der Waals surface area contributed by atoms with Crippen LogP contribution in [0.1, 0.15) is 37.2 Å². The third-order valence-electron chi connectivity index (χ3n) is 6.92. The number of likely N-dealkylation sites (tertiary alicyclic amines) is 1. The van der Waals surface area contributed by atoms with E-state index < -0.39 is 23.0 Å². The number of carbonyl (C=O) groups excluding carboxylic acids is 1. The monoisotopic (exact) mass is 512 g/mol. The van der Waals surface area contributed by atoms with Gasteiger partial charge in [0.25, 0.3) is 12.3 Å².